The first-order valence-electron chi connectivity index (χ1n) is 10.1. The minimum Gasteiger partial charge on any atom is -1.00 e. The first-order valence-corrected chi connectivity index (χ1v) is 10.1. The normalized spacial score (nSPS) is 29.1. The van der Waals surface area contributed by atoms with Crippen LogP contribution in [0.25, 0.3) is 0 Å². The summed E-state index contributed by atoms with van der Waals surface area (Å²) in [6.45, 7) is 9.95. The van der Waals surface area contributed by atoms with E-state index in [-0.39, 0.29) is 12.4 Å². The Kier molecular flexibility index (Phi) is 6.49. The average molecular weight is 365 g/mol. The predicted molar refractivity (Wildman–Crippen MR) is 104 cm³/mol. The summed E-state index contributed by atoms with van der Waals surface area (Å²) in [6, 6.07) is 9.32. The predicted octanol–water partition coefficient (Wildman–Crippen LogP) is 0.662. The molecule has 0 bridgehead atoms. The number of hydrogen-bond donors (Lipinski definition) is 1. The summed E-state index contributed by atoms with van der Waals surface area (Å²) >= 11 is 0. The molecule has 0 aromatic heterocycles. The molecule has 1 saturated carbocycles. The van der Waals surface area contributed by atoms with Crippen molar-refractivity contribution in [2.45, 2.75) is 70.3 Å². The highest BCUT2D eigenvalue weighted by atomic mass is 35.5. The van der Waals surface area contributed by atoms with Crippen molar-refractivity contribution < 1.29 is 17.3 Å². The summed E-state index contributed by atoms with van der Waals surface area (Å²) in [7, 11) is 4.54. The van der Waals surface area contributed by atoms with Crippen LogP contribution in [0.5, 0.6) is 0 Å². The van der Waals surface area contributed by atoms with E-state index in [1.807, 2.05) is 0 Å². The van der Waals surface area contributed by atoms with Gasteiger partial charge < -0.3 is 22.2 Å². The highest BCUT2D eigenvalue weighted by Gasteiger charge is 2.61. The molecular weight excluding hydrogens is 328 g/mol. The second-order valence-corrected chi connectivity index (χ2v) is 8.75. The molecule has 1 fully saturated rings. The fraction of sp³-hybridized carbons (Fsp3) is 0.727. The summed E-state index contributed by atoms with van der Waals surface area (Å²) in [4.78, 5) is 4.42. The Morgan fingerprint density at radius 2 is 1.84 bits per heavy atom. The van der Waals surface area contributed by atoms with Crippen LogP contribution in [0.1, 0.15) is 64.9 Å². The van der Waals surface area contributed by atoms with Gasteiger partial charge in [0.2, 0.25) is 0 Å². The topological polar surface area (TPSA) is 7.68 Å². The maximum Gasteiger partial charge on any atom is 0.0783 e. The second-order valence-electron chi connectivity index (χ2n) is 8.75. The highest BCUT2D eigenvalue weighted by molar-refractivity contribution is 5.67. The molecule has 3 atom stereocenters. The van der Waals surface area contributed by atoms with Crippen LogP contribution in [0.3, 0.4) is 0 Å². The van der Waals surface area contributed by atoms with Crippen molar-refractivity contribution >= 4 is 5.69 Å². The van der Waals surface area contributed by atoms with Gasteiger partial charge in [0.15, 0.2) is 0 Å². The molecule has 0 saturated heterocycles. The zero-order valence-corrected chi connectivity index (χ0v) is 17.6. The lowest BCUT2D eigenvalue weighted by Gasteiger charge is -2.56. The molecule has 0 amide bonds. The van der Waals surface area contributed by atoms with Crippen molar-refractivity contribution in [3.63, 3.8) is 0 Å². The van der Waals surface area contributed by atoms with Crippen LogP contribution in [-0.2, 0) is 5.41 Å². The third-order valence-corrected chi connectivity index (χ3v) is 7.20. The lowest BCUT2D eigenvalue weighted by Crippen LogP contribution is -3.05. The number of nitrogens with zero attached hydrogens (tertiary/aromatic N) is 1. The number of benzene rings is 1. The third-order valence-electron chi connectivity index (χ3n) is 7.20. The summed E-state index contributed by atoms with van der Waals surface area (Å²) < 4.78 is 0. The molecule has 1 N–H and O–H groups in total. The van der Waals surface area contributed by atoms with E-state index in [1.165, 1.54) is 57.3 Å². The number of quaternary nitrogens is 1. The fourth-order valence-corrected chi connectivity index (χ4v) is 5.86. The lowest BCUT2D eigenvalue weighted by molar-refractivity contribution is -0.858. The highest BCUT2D eigenvalue weighted by Crippen LogP contribution is 2.61. The Balaban J connectivity index is 0.00000225. The zero-order valence-electron chi connectivity index (χ0n) is 16.9. The van der Waals surface area contributed by atoms with Gasteiger partial charge in [-0.2, -0.15) is 0 Å². The van der Waals surface area contributed by atoms with Crippen LogP contribution in [-0.4, -0.2) is 32.7 Å². The van der Waals surface area contributed by atoms with Gasteiger partial charge in [0.1, 0.15) is 0 Å². The molecule has 1 heterocycles. The van der Waals surface area contributed by atoms with Gasteiger partial charge in [0.05, 0.1) is 26.2 Å². The smallest absolute Gasteiger partial charge is 0.0783 e. The van der Waals surface area contributed by atoms with Crippen LogP contribution in [0.15, 0.2) is 24.3 Å². The van der Waals surface area contributed by atoms with Gasteiger partial charge in [0, 0.05) is 24.1 Å². The van der Waals surface area contributed by atoms with E-state index in [0.717, 1.165) is 5.92 Å². The van der Waals surface area contributed by atoms with Crippen molar-refractivity contribution in [3.8, 4) is 0 Å². The monoisotopic (exact) mass is 364 g/mol. The molecule has 3 rings (SSSR count). The SMILES string of the molecule is CC[C@@H](C)[C@@]12CCCC[C@]1(C)c1ccccc1N2CCC[NH+](C)C.[Cl-]. The molecule has 142 valence electrons. The average Bonchev–Trinajstić information content (AvgIpc) is 2.81. The van der Waals surface area contributed by atoms with Crippen molar-refractivity contribution in [2.24, 2.45) is 5.92 Å². The summed E-state index contributed by atoms with van der Waals surface area (Å²) in [5, 5.41) is 0. The Morgan fingerprint density at radius 1 is 1.16 bits per heavy atom. The van der Waals surface area contributed by atoms with Crippen molar-refractivity contribution in [1.29, 1.82) is 0 Å². The van der Waals surface area contributed by atoms with Gasteiger partial charge in [-0.25, -0.2) is 0 Å². The summed E-state index contributed by atoms with van der Waals surface area (Å²) in [5.41, 5.74) is 3.81. The van der Waals surface area contributed by atoms with Gasteiger partial charge in [-0.1, -0.05) is 58.2 Å². The Morgan fingerprint density at radius 3 is 2.52 bits per heavy atom. The number of nitrogens with one attached hydrogen (secondary N) is 1. The van der Waals surface area contributed by atoms with Crippen LogP contribution in [0.4, 0.5) is 5.69 Å². The molecule has 0 spiro atoms. The van der Waals surface area contributed by atoms with Crippen molar-refractivity contribution in [1.82, 2.24) is 0 Å². The Hall–Kier alpha value is -0.730. The maximum atomic E-state index is 2.86. The van der Waals surface area contributed by atoms with Crippen LogP contribution in [0, 0.1) is 5.92 Å². The summed E-state index contributed by atoms with van der Waals surface area (Å²) in [5.74, 6) is 0.738. The quantitative estimate of drug-likeness (QED) is 0.779. The maximum absolute atomic E-state index is 2.86. The van der Waals surface area contributed by atoms with Crippen LogP contribution >= 0.6 is 0 Å². The first-order chi connectivity index (χ1) is 11.5. The number of hydrogen-bond acceptors (Lipinski definition) is 1. The number of rotatable bonds is 6. The number of halogens is 1. The Bertz CT molecular complexity index is 573. The van der Waals surface area contributed by atoms with Gasteiger partial charge in [-0.3, -0.25) is 0 Å². The molecule has 1 aliphatic heterocycles. The first kappa shape index (κ1) is 20.6. The Labute approximate surface area is 161 Å². The fourth-order valence-electron chi connectivity index (χ4n) is 5.86. The molecule has 1 aromatic carbocycles. The number of para-hydroxylation sites is 1. The van der Waals surface area contributed by atoms with Crippen LogP contribution < -0.4 is 22.2 Å². The van der Waals surface area contributed by atoms with Crippen molar-refractivity contribution in [3.05, 3.63) is 29.8 Å². The molecule has 25 heavy (non-hydrogen) atoms. The number of anilines is 1. The molecule has 3 heteroatoms. The van der Waals surface area contributed by atoms with E-state index < -0.39 is 0 Å². The van der Waals surface area contributed by atoms with Crippen LogP contribution in [0.2, 0.25) is 0 Å². The van der Waals surface area contributed by atoms with Gasteiger partial charge in [-0.15, -0.1) is 0 Å². The zero-order chi connectivity index (χ0) is 17.4. The molecular formula is C22H37ClN2. The number of fused-ring (bicyclic) bond motifs is 3. The second kappa shape index (κ2) is 7.88. The van der Waals surface area contributed by atoms with E-state index in [2.05, 4.69) is 64.0 Å². The molecule has 1 aromatic rings. The standard InChI is InChI=1S/C22H36N2.ClH/c1-6-18(2)22-15-10-9-14-21(22,3)19-12-7-8-13-20(19)24(22)17-11-16-23(4)5;/h7-8,12-13,18H,6,9-11,14-17H2,1-5H3;1H/t18-,21-,22+;/m1./s1. The van der Waals surface area contributed by atoms with E-state index in [1.54, 1.807) is 10.5 Å². The molecule has 2 nitrogen and oxygen atoms in total. The van der Waals surface area contributed by atoms with Gasteiger partial charge in [0.25, 0.3) is 0 Å². The molecule has 2 aliphatic rings. The van der Waals surface area contributed by atoms with Gasteiger partial charge in [-0.05, 0) is 30.4 Å². The van der Waals surface area contributed by atoms with E-state index in [9.17, 15) is 0 Å². The molecule has 0 unspecified atom stereocenters. The van der Waals surface area contributed by atoms with Gasteiger partial charge >= 0.3 is 0 Å². The van der Waals surface area contributed by atoms with Crippen molar-refractivity contribution in [2.75, 3.05) is 32.1 Å². The largest absolute Gasteiger partial charge is 1.00 e. The van der Waals surface area contributed by atoms with E-state index >= 15 is 0 Å². The van der Waals surface area contributed by atoms with E-state index in [0.29, 0.717) is 11.0 Å². The third kappa shape index (κ3) is 3.10. The molecule has 0 radical (unpaired) electrons. The summed E-state index contributed by atoms with van der Waals surface area (Å²) in [6.07, 6.45) is 8.05. The minimum absolute atomic E-state index is 0. The minimum atomic E-state index is 0. The van der Waals surface area contributed by atoms with E-state index in [4.69, 9.17) is 0 Å². The lowest BCUT2D eigenvalue weighted by atomic mass is 9.56. The molecule has 1 aliphatic carbocycles.